The van der Waals surface area contributed by atoms with Crippen molar-refractivity contribution >= 4 is 12.0 Å². The molecule has 4 rings (SSSR count). The van der Waals surface area contributed by atoms with Gasteiger partial charge in [0.25, 0.3) is 0 Å². The molecule has 0 amide bonds. The molecule has 33 heavy (non-hydrogen) atoms. The minimum Gasteiger partial charge on any atom is -0.489 e. The molecule has 0 atom stereocenters. The van der Waals surface area contributed by atoms with E-state index in [9.17, 15) is 18.0 Å². The largest absolute Gasteiger partial charge is 0.489 e. The number of fused-ring (bicyclic) bond motifs is 1. The number of likely N-dealkylation sites (tertiary alicyclic amines) is 1. The van der Waals surface area contributed by atoms with E-state index in [1.807, 2.05) is 18.2 Å². The van der Waals surface area contributed by atoms with Gasteiger partial charge in [0.2, 0.25) is 0 Å². The third kappa shape index (κ3) is 5.58. The highest BCUT2D eigenvalue weighted by molar-refractivity contribution is 5.71. The van der Waals surface area contributed by atoms with Crippen molar-refractivity contribution in [3.05, 3.63) is 69.8 Å². The molecule has 0 aliphatic carbocycles. The van der Waals surface area contributed by atoms with Gasteiger partial charge in [0.05, 0.1) is 11.5 Å². The minimum absolute atomic E-state index is 0.231. The summed E-state index contributed by atoms with van der Waals surface area (Å²) in [6.07, 6.45) is -1.76. The molecule has 1 saturated heterocycles. The van der Waals surface area contributed by atoms with E-state index in [0.717, 1.165) is 22.4 Å². The molecule has 2 aromatic rings. The Balaban J connectivity index is 1.36. The monoisotopic (exact) mass is 455 g/mol. The molecule has 7 heteroatoms. The van der Waals surface area contributed by atoms with Crippen LogP contribution >= 0.6 is 0 Å². The van der Waals surface area contributed by atoms with Gasteiger partial charge in [-0.3, -0.25) is 9.69 Å². The van der Waals surface area contributed by atoms with E-state index in [1.165, 1.54) is 12.1 Å². The standard InChI is InChI=1S/C26H24F3NO3/c1-17-6-8-20(23(10-17)26(27,28)29)5-3-2-4-18-7-9-21-11-19(16-33-24(21)12-18)13-30-14-22(15-30)25(31)32/h6-12,22H,3,5,13-16H2,1H3,(H,31,32). The number of carboxylic acids is 1. The van der Waals surface area contributed by atoms with Gasteiger partial charge in [-0.1, -0.05) is 35.6 Å². The molecule has 2 heterocycles. The summed E-state index contributed by atoms with van der Waals surface area (Å²) < 4.78 is 45.6. The highest BCUT2D eigenvalue weighted by Gasteiger charge is 2.33. The number of rotatable bonds is 5. The fraction of sp³-hybridized carbons (Fsp3) is 0.346. The van der Waals surface area contributed by atoms with Gasteiger partial charge in [-0.15, -0.1) is 0 Å². The van der Waals surface area contributed by atoms with Crippen molar-refractivity contribution in [3.8, 4) is 17.6 Å². The number of nitrogens with zero attached hydrogens (tertiary/aromatic N) is 1. The summed E-state index contributed by atoms with van der Waals surface area (Å²) in [4.78, 5) is 13.0. The Bertz CT molecular complexity index is 1150. The van der Waals surface area contributed by atoms with E-state index in [4.69, 9.17) is 9.84 Å². The molecular weight excluding hydrogens is 431 g/mol. The van der Waals surface area contributed by atoms with Gasteiger partial charge in [-0.05, 0) is 48.8 Å². The lowest BCUT2D eigenvalue weighted by atomic mass is 9.98. The molecule has 1 fully saturated rings. The fourth-order valence-corrected chi connectivity index (χ4v) is 4.06. The van der Waals surface area contributed by atoms with Crippen LogP contribution in [-0.2, 0) is 17.4 Å². The molecule has 2 aromatic carbocycles. The molecule has 4 nitrogen and oxygen atoms in total. The van der Waals surface area contributed by atoms with Crippen LogP contribution in [0.5, 0.6) is 5.75 Å². The lowest BCUT2D eigenvalue weighted by Crippen LogP contribution is -2.51. The van der Waals surface area contributed by atoms with Gasteiger partial charge < -0.3 is 9.84 Å². The van der Waals surface area contributed by atoms with Crippen LogP contribution in [0.25, 0.3) is 6.08 Å². The zero-order valence-corrected chi connectivity index (χ0v) is 18.2. The average molecular weight is 455 g/mol. The first-order valence-corrected chi connectivity index (χ1v) is 10.8. The molecule has 0 saturated carbocycles. The lowest BCUT2D eigenvalue weighted by Gasteiger charge is -2.37. The number of carboxylic acid groups (broad SMARTS) is 1. The van der Waals surface area contributed by atoms with Gasteiger partial charge in [0.1, 0.15) is 12.4 Å². The molecule has 2 aliphatic heterocycles. The lowest BCUT2D eigenvalue weighted by molar-refractivity contribution is -0.147. The van der Waals surface area contributed by atoms with Gasteiger partial charge in [0.15, 0.2) is 0 Å². The molecule has 0 radical (unpaired) electrons. The van der Waals surface area contributed by atoms with E-state index in [2.05, 4.69) is 22.8 Å². The second-order valence-corrected chi connectivity index (χ2v) is 8.53. The van der Waals surface area contributed by atoms with Crippen molar-refractivity contribution in [1.29, 1.82) is 0 Å². The first kappa shape index (κ1) is 22.9. The predicted molar refractivity (Wildman–Crippen MR) is 119 cm³/mol. The summed E-state index contributed by atoms with van der Waals surface area (Å²) >= 11 is 0. The summed E-state index contributed by atoms with van der Waals surface area (Å²) in [7, 11) is 0. The van der Waals surface area contributed by atoms with Crippen molar-refractivity contribution in [2.45, 2.75) is 25.9 Å². The number of carbonyl (C=O) groups is 1. The van der Waals surface area contributed by atoms with Crippen LogP contribution in [0.4, 0.5) is 13.2 Å². The van der Waals surface area contributed by atoms with Crippen LogP contribution in [0.1, 0.15) is 34.2 Å². The Hall–Kier alpha value is -3.24. The highest BCUT2D eigenvalue weighted by Crippen LogP contribution is 2.33. The number of halogens is 3. The van der Waals surface area contributed by atoms with Gasteiger partial charge >= 0.3 is 12.1 Å². The Morgan fingerprint density at radius 3 is 2.73 bits per heavy atom. The normalized spacial score (nSPS) is 16.1. The average Bonchev–Trinajstić information content (AvgIpc) is 2.73. The second kappa shape index (κ2) is 9.32. The van der Waals surface area contributed by atoms with Crippen LogP contribution in [0.3, 0.4) is 0 Å². The van der Waals surface area contributed by atoms with E-state index in [0.29, 0.717) is 38.2 Å². The summed E-state index contributed by atoms with van der Waals surface area (Å²) in [5.41, 5.74) is 3.02. The van der Waals surface area contributed by atoms with Gasteiger partial charge in [-0.2, -0.15) is 13.2 Å². The SMILES string of the molecule is Cc1ccc(CCC#Cc2ccc3c(c2)OCC(CN2CC(C(=O)O)C2)=C3)c(C(F)(F)F)c1. The molecule has 2 aliphatic rings. The quantitative estimate of drug-likeness (QED) is 0.659. The molecular formula is C26H24F3NO3. The summed E-state index contributed by atoms with van der Waals surface area (Å²) in [5, 5.41) is 8.98. The summed E-state index contributed by atoms with van der Waals surface area (Å²) in [6, 6.07) is 10.0. The maximum absolute atomic E-state index is 13.3. The number of benzene rings is 2. The van der Waals surface area contributed by atoms with Crippen molar-refractivity contribution in [2.75, 3.05) is 26.2 Å². The number of hydrogen-bond donors (Lipinski definition) is 1. The second-order valence-electron chi connectivity index (χ2n) is 8.53. The number of aliphatic carboxylic acids is 1. The van der Waals surface area contributed by atoms with E-state index < -0.39 is 17.7 Å². The van der Waals surface area contributed by atoms with E-state index in [-0.39, 0.29) is 17.9 Å². The maximum Gasteiger partial charge on any atom is 0.416 e. The molecule has 172 valence electrons. The first-order valence-electron chi connectivity index (χ1n) is 10.8. The highest BCUT2D eigenvalue weighted by atomic mass is 19.4. The molecule has 1 N–H and O–H groups in total. The van der Waals surface area contributed by atoms with E-state index >= 15 is 0 Å². The van der Waals surface area contributed by atoms with Gasteiger partial charge in [0, 0.05) is 37.2 Å². The third-order valence-electron chi connectivity index (χ3n) is 5.84. The van der Waals surface area contributed by atoms with Crippen LogP contribution in [0, 0.1) is 24.7 Å². The van der Waals surface area contributed by atoms with Crippen molar-refractivity contribution < 1.29 is 27.8 Å². The number of aryl methyl sites for hydroxylation is 2. The van der Waals surface area contributed by atoms with Crippen LogP contribution < -0.4 is 4.74 Å². The van der Waals surface area contributed by atoms with Crippen molar-refractivity contribution in [1.82, 2.24) is 4.90 Å². The Morgan fingerprint density at radius 2 is 2.00 bits per heavy atom. The van der Waals surface area contributed by atoms with Crippen molar-refractivity contribution in [2.24, 2.45) is 5.92 Å². The summed E-state index contributed by atoms with van der Waals surface area (Å²) in [5.74, 6) is 5.67. The zero-order valence-electron chi connectivity index (χ0n) is 18.2. The molecule has 0 spiro atoms. The number of ether oxygens (including phenoxy) is 1. The van der Waals surface area contributed by atoms with Crippen LogP contribution in [0.2, 0.25) is 0 Å². The topological polar surface area (TPSA) is 49.8 Å². The Kier molecular flexibility index (Phi) is 6.48. The number of hydrogen-bond acceptors (Lipinski definition) is 3. The fourth-order valence-electron chi connectivity index (χ4n) is 4.06. The predicted octanol–water partition coefficient (Wildman–Crippen LogP) is 4.79. The smallest absolute Gasteiger partial charge is 0.416 e. The molecule has 0 aromatic heterocycles. The first-order chi connectivity index (χ1) is 15.7. The third-order valence-corrected chi connectivity index (χ3v) is 5.84. The zero-order chi connectivity index (χ0) is 23.6. The molecule has 0 bridgehead atoms. The maximum atomic E-state index is 13.3. The van der Waals surface area contributed by atoms with Crippen LogP contribution in [0.15, 0.2) is 42.0 Å². The molecule has 0 unspecified atom stereocenters. The number of alkyl halides is 3. The Morgan fingerprint density at radius 1 is 1.21 bits per heavy atom. The van der Waals surface area contributed by atoms with Crippen LogP contribution in [-0.4, -0.2) is 42.2 Å². The summed E-state index contributed by atoms with van der Waals surface area (Å²) in [6.45, 7) is 3.88. The minimum atomic E-state index is -4.37. The van der Waals surface area contributed by atoms with Gasteiger partial charge in [-0.25, -0.2) is 0 Å². The van der Waals surface area contributed by atoms with Crippen molar-refractivity contribution in [3.63, 3.8) is 0 Å². The van der Waals surface area contributed by atoms with E-state index in [1.54, 1.807) is 13.0 Å². The Labute approximate surface area is 190 Å².